The molecule has 1 aromatic rings. The summed E-state index contributed by atoms with van der Waals surface area (Å²) in [5.41, 5.74) is 1.22. The molecule has 0 aliphatic heterocycles. The molecule has 0 aromatic heterocycles. The van der Waals surface area contributed by atoms with Gasteiger partial charge in [0.15, 0.2) is 0 Å². The molecule has 0 aliphatic rings. The maximum absolute atomic E-state index is 4.96. The Morgan fingerprint density at radius 2 is 1.90 bits per heavy atom. The predicted octanol–water partition coefficient (Wildman–Crippen LogP) is 1.33. The number of benzene rings is 1. The van der Waals surface area contributed by atoms with Crippen LogP contribution in [0.2, 0.25) is 0 Å². The first kappa shape index (κ1) is 7.71. The van der Waals surface area contributed by atoms with E-state index in [4.69, 9.17) is 4.74 Å². The third kappa shape index (κ3) is 2.09. The summed E-state index contributed by atoms with van der Waals surface area (Å²) >= 11 is 0. The maximum Gasteiger partial charge on any atom is 0.0713 e. The molecule has 1 atom stereocenters. The molecule has 10 heavy (non-hydrogen) atoms. The van der Waals surface area contributed by atoms with Gasteiger partial charge in [0, 0.05) is 7.11 Å². The Hall–Kier alpha value is -0.390. The predicted molar refractivity (Wildman–Crippen MR) is 46.5 cm³/mol. The van der Waals surface area contributed by atoms with Gasteiger partial charge in [0.05, 0.1) is 6.61 Å². The summed E-state index contributed by atoms with van der Waals surface area (Å²) < 4.78 is 4.96. The number of methoxy groups -OCH3 is 1. The van der Waals surface area contributed by atoms with E-state index in [2.05, 4.69) is 33.5 Å². The SMILES string of the molecule is COCc1ccc(P)cc1. The average Bonchev–Trinajstić information content (AvgIpc) is 1.95. The largest absolute Gasteiger partial charge is 0.380 e. The number of hydrogen-bond donors (Lipinski definition) is 0. The zero-order valence-corrected chi connectivity index (χ0v) is 7.16. The first-order valence-corrected chi connectivity index (χ1v) is 3.74. The van der Waals surface area contributed by atoms with Crippen molar-refractivity contribution in [2.45, 2.75) is 6.61 Å². The highest BCUT2D eigenvalue weighted by Crippen LogP contribution is 1.99. The van der Waals surface area contributed by atoms with Crippen molar-refractivity contribution in [3.8, 4) is 0 Å². The van der Waals surface area contributed by atoms with Crippen LogP contribution in [-0.2, 0) is 11.3 Å². The second kappa shape index (κ2) is 3.70. The molecule has 0 radical (unpaired) electrons. The molecule has 0 saturated carbocycles. The third-order valence-electron chi connectivity index (χ3n) is 1.29. The standard InChI is InChI=1S/C8H11OP/c1-9-6-7-2-4-8(10)5-3-7/h2-5H,6,10H2,1H3. The molecule has 1 aromatic carbocycles. The van der Waals surface area contributed by atoms with Crippen LogP contribution >= 0.6 is 9.24 Å². The van der Waals surface area contributed by atoms with Gasteiger partial charge in [-0.3, -0.25) is 0 Å². The Labute approximate surface area is 63.6 Å². The van der Waals surface area contributed by atoms with Crippen molar-refractivity contribution >= 4 is 14.5 Å². The first-order chi connectivity index (χ1) is 4.83. The molecule has 0 bridgehead atoms. The molecule has 54 valence electrons. The van der Waals surface area contributed by atoms with Crippen LogP contribution in [0.5, 0.6) is 0 Å². The number of ether oxygens (including phenoxy) is 1. The van der Waals surface area contributed by atoms with E-state index >= 15 is 0 Å². The van der Waals surface area contributed by atoms with Gasteiger partial charge >= 0.3 is 0 Å². The zero-order chi connectivity index (χ0) is 7.40. The van der Waals surface area contributed by atoms with Gasteiger partial charge in [-0.1, -0.05) is 24.3 Å². The first-order valence-electron chi connectivity index (χ1n) is 3.16. The molecule has 0 spiro atoms. The average molecular weight is 154 g/mol. The molecule has 1 rings (SSSR count). The third-order valence-corrected chi connectivity index (χ3v) is 1.68. The zero-order valence-electron chi connectivity index (χ0n) is 6.00. The van der Waals surface area contributed by atoms with Crippen LogP contribution in [0.25, 0.3) is 0 Å². The summed E-state index contributed by atoms with van der Waals surface area (Å²) in [6, 6.07) is 8.23. The highest BCUT2D eigenvalue weighted by Gasteiger charge is 1.88. The van der Waals surface area contributed by atoms with Crippen molar-refractivity contribution < 1.29 is 4.74 Å². The van der Waals surface area contributed by atoms with Gasteiger partial charge in [0.2, 0.25) is 0 Å². The summed E-state index contributed by atoms with van der Waals surface area (Å²) in [6.45, 7) is 0.699. The van der Waals surface area contributed by atoms with E-state index in [1.165, 1.54) is 10.9 Å². The van der Waals surface area contributed by atoms with E-state index in [1.54, 1.807) is 7.11 Å². The van der Waals surface area contributed by atoms with Gasteiger partial charge in [-0.25, -0.2) is 0 Å². The van der Waals surface area contributed by atoms with E-state index in [0.29, 0.717) is 6.61 Å². The Kier molecular flexibility index (Phi) is 2.85. The fourth-order valence-corrected chi connectivity index (χ4v) is 0.973. The van der Waals surface area contributed by atoms with Crippen LogP contribution in [0.3, 0.4) is 0 Å². The van der Waals surface area contributed by atoms with Crippen molar-refractivity contribution in [3.05, 3.63) is 29.8 Å². The monoisotopic (exact) mass is 154 g/mol. The van der Waals surface area contributed by atoms with Crippen LogP contribution in [0.1, 0.15) is 5.56 Å². The second-order valence-electron chi connectivity index (χ2n) is 2.17. The Bertz CT molecular complexity index is 193. The second-order valence-corrected chi connectivity index (χ2v) is 2.84. The summed E-state index contributed by atoms with van der Waals surface area (Å²) in [5.74, 6) is 0. The highest BCUT2D eigenvalue weighted by atomic mass is 31.0. The molecule has 2 heteroatoms. The van der Waals surface area contributed by atoms with E-state index in [1.807, 2.05) is 0 Å². The maximum atomic E-state index is 4.96. The minimum atomic E-state index is 0.699. The lowest BCUT2D eigenvalue weighted by Gasteiger charge is -1.98. The smallest absolute Gasteiger partial charge is 0.0713 e. The van der Waals surface area contributed by atoms with Crippen LogP contribution in [0.4, 0.5) is 0 Å². The molecule has 0 aliphatic carbocycles. The molecule has 0 saturated heterocycles. The lowest BCUT2D eigenvalue weighted by Crippen LogP contribution is -1.91. The minimum absolute atomic E-state index is 0.699. The molecular weight excluding hydrogens is 143 g/mol. The van der Waals surface area contributed by atoms with Crippen LogP contribution in [0, 0.1) is 0 Å². The van der Waals surface area contributed by atoms with E-state index in [-0.39, 0.29) is 0 Å². The fourth-order valence-electron chi connectivity index (χ4n) is 0.781. The van der Waals surface area contributed by atoms with Gasteiger partial charge in [0.1, 0.15) is 0 Å². The van der Waals surface area contributed by atoms with Crippen LogP contribution < -0.4 is 5.30 Å². The van der Waals surface area contributed by atoms with Gasteiger partial charge in [-0.05, 0) is 10.9 Å². The highest BCUT2D eigenvalue weighted by molar-refractivity contribution is 7.27. The molecule has 1 nitrogen and oxygen atoms in total. The fraction of sp³-hybridized carbons (Fsp3) is 0.250. The molecule has 1 unspecified atom stereocenters. The normalized spacial score (nSPS) is 9.80. The molecule has 0 N–H and O–H groups in total. The van der Waals surface area contributed by atoms with Crippen molar-refractivity contribution in [2.24, 2.45) is 0 Å². The van der Waals surface area contributed by atoms with Crippen LogP contribution in [0.15, 0.2) is 24.3 Å². The van der Waals surface area contributed by atoms with Crippen molar-refractivity contribution in [1.29, 1.82) is 0 Å². The van der Waals surface area contributed by atoms with Crippen molar-refractivity contribution in [3.63, 3.8) is 0 Å². The Morgan fingerprint density at radius 1 is 1.30 bits per heavy atom. The molecule has 0 heterocycles. The number of hydrogen-bond acceptors (Lipinski definition) is 1. The van der Waals surface area contributed by atoms with Gasteiger partial charge < -0.3 is 4.74 Å². The summed E-state index contributed by atoms with van der Waals surface area (Å²) in [5, 5.41) is 1.21. The minimum Gasteiger partial charge on any atom is -0.380 e. The van der Waals surface area contributed by atoms with Crippen molar-refractivity contribution in [1.82, 2.24) is 0 Å². The van der Waals surface area contributed by atoms with Crippen molar-refractivity contribution in [2.75, 3.05) is 7.11 Å². The lowest BCUT2D eigenvalue weighted by atomic mass is 10.2. The summed E-state index contributed by atoms with van der Waals surface area (Å²) in [4.78, 5) is 0. The quantitative estimate of drug-likeness (QED) is 0.584. The molecule has 0 fully saturated rings. The topological polar surface area (TPSA) is 9.23 Å². The summed E-state index contributed by atoms with van der Waals surface area (Å²) in [6.07, 6.45) is 0. The Morgan fingerprint density at radius 3 is 2.40 bits per heavy atom. The Balaban J connectivity index is 2.69. The van der Waals surface area contributed by atoms with E-state index in [9.17, 15) is 0 Å². The van der Waals surface area contributed by atoms with Crippen LogP contribution in [-0.4, -0.2) is 7.11 Å². The van der Waals surface area contributed by atoms with E-state index in [0.717, 1.165) is 0 Å². The molecular formula is C8H11OP. The molecule has 0 amide bonds. The van der Waals surface area contributed by atoms with Gasteiger partial charge in [0.25, 0.3) is 0 Å². The number of rotatable bonds is 2. The van der Waals surface area contributed by atoms with E-state index < -0.39 is 0 Å². The van der Waals surface area contributed by atoms with Gasteiger partial charge in [-0.2, -0.15) is 0 Å². The lowest BCUT2D eigenvalue weighted by molar-refractivity contribution is 0.185. The van der Waals surface area contributed by atoms with Gasteiger partial charge in [-0.15, -0.1) is 9.24 Å². The summed E-state index contributed by atoms with van der Waals surface area (Å²) in [7, 11) is 4.35.